The quantitative estimate of drug-likeness (QED) is 0.589. The Morgan fingerprint density at radius 1 is 1.12 bits per heavy atom. The lowest BCUT2D eigenvalue weighted by atomic mass is 9.80. The SMILES string of the molecule is Cc1cc(-c2ccc3nc(Cl)nc(C4OCCNC4C4CCCCC4)c3c2)cn(C)c1=O. The summed E-state index contributed by atoms with van der Waals surface area (Å²) in [5.41, 5.74) is 4.39. The van der Waals surface area contributed by atoms with Crippen molar-refractivity contribution in [1.29, 1.82) is 0 Å². The monoisotopic (exact) mass is 452 g/mol. The molecule has 7 heteroatoms. The molecule has 1 saturated carbocycles. The van der Waals surface area contributed by atoms with Crippen LogP contribution in [0, 0.1) is 12.8 Å². The van der Waals surface area contributed by atoms with Gasteiger partial charge in [-0.3, -0.25) is 4.79 Å². The van der Waals surface area contributed by atoms with Gasteiger partial charge in [-0.25, -0.2) is 9.97 Å². The zero-order valence-corrected chi connectivity index (χ0v) is 19.4. The Bertz CT molecular complexity index is 1180. The van der Waals surface area contributed by atoms with Crippen molar-refractivity contribution < 1.29 is 4.74 Å². The summed E-state index contributed by atoms with van der Waals surface area (Å²) in [6.07, 6.45) is 8.02. The van der Waals surface area contributed by atoms with Crippen molar-refractivity contribution >= 4 is 22.5 Å². The number of hydrogen-bond donors (Lipinski definition) is 1. The van der Waals surface area contributed by atoms with Crippen molar-refractivity contribution in [3.05, 3.63) is 57.4 Å². The molecule has 2 aliphatic rings. The predicted octanol–water partition coefficient (Wildman–Crippen LogP) is 4.57. The minimum Gasteiger partial charge on any atom is -0.369 e. The predicted molar refractivity (Wildman–Crippen MR) is 127 cm³/mol. The van der Waals surface area contributed by atoms with Crippen LogP contribution in [0.1, 0.15) is 49.5 Å². The van der Waals surface area contributed by atoms with Crippen LogP contribution in [-0.2, 0) is 11.8 Å². The molecule has 1 saturated heterocycles. The Hall–Kier alpha value is -2.28. The van der Waals surface area contributed by atoms with Crippen LogP contribution < -0.4 is 10.9 Å². The van der Waals surface area contributed by atoms with E-state index in [1.165, 1.54) is 32.1 Å². The average molecular weight is 453 g/mol. The number of ether oxygens (including phenoxy) is 1. The molecule has 2 atom stereocenters. The molecule has 0 spiro atoms. The molecular weight excluding hydrogens is 424 g/mol. The molecule has 32 heavy (non-hydrogen) atoms. The van der Waals surface area contributed by atoms with Gasteiger partial charge >= 0.3 is 0 Å². The highest BCUT2D eigenvalue weighted by Crippen LogP contribution is 2.38. The fourth-order valence-electron chi connectivity index (χ4n) is 5.33. The van der Waals surface area contributed by atoms with Crippen LogP contribution >= 0.6 is 11.6 Å². The first kappa shape index (κ1) is 21.6. The van der Waals surface area contributed by atoms with Gasteiger partial charge in [-0.1, -0.05) is 25.3 Å². The van der Waals surface area contributed by atoms with E-state index in [0.29, 0.717) is 12.5 Å². The lowest BCUT2D eigenvalue weighted by Crippen LogP contribution is -2.48. The highest BCUT2D eigenvalue weighted by molar-refractivity contribution is 6.28. The number of halogens is 1. The summed E-state index contributed by atoms with van der Waals surface area (Å²) in [5, 5.41) is 4.92. The molecule has 1 N–H and O–H groups in total. The lowest BCUT2D eigenvalue weighted by molar-refractivity contribution is -0.0295. The normalized spacial score (nSPS) is 22.3. The molecular formula is C25H29ClN4O2. The topological polar surface area (TPSA) is 69.0 Å². The molecule has 2 unspecified atom stereocenters. The van der Waals surface area contributed by atoms with Crippen LogP contribution in [0.15, 0.2) is 35.3 Å². The highest BCUT2D eigenvalue weighted by Gasteiger charge is 2.36. The molecule has 1 aliphatic heterocycles. The third-order valence-electron chi connectivity index (χ3n) is 6.93. The molecule has 2 fully saturated rings. The van der Waals surface area contributed by atoms with Gasteiger partial charge in [-0.15, -0.1) is 0 Å². The number of pyridine rings is 1. The maximum atomic E-state index is 12.2. The molecule has 0 radical (unpaired) electrons. The maximum Gasteiger partial charge on any atom is 0.253 e. The largest absolute Gasteiger partial charge is 0.369 e. The molecule has 1 aromatic carbocycles. The highest BCUT2D eigenvalue weighted by atomic mass is 35.5. The van der Waals surface area contributed by atoms with Gasteiger partial charge in [0.2, 0.25) is 5.28 Å². The Kier molecular flexibility index (Phi) is 6.01. The summed E-state index contributed by atoms with van der Waals surface area (Å²) in [6.45, 7) is 3.35. The van der Waals surface area contributed by atoms with Gasteiger partial charge in [0.05, 0.1) is 17.8 Å². The van der Waals surface area contributed by atoms with Crippen LogP contribution in [-0.4, -0.2) is 33.7 Å². The first-order valence-electron chi connectivity index (χ1n) is 11.5. The Morgan fingerprint density at radius 3 is 2.72 bits per heavy atom. The van der Waals surface area contributed by atoms with Gasteiger partial charge in [0.15, 0.2) is 0 Å². The smallest absolute Gasteiger partial charge is 0.253 e. The second-order valence-corrected chi connectivity index (χ2v) is 9.45. The molecule has 3 heterocycles. The van der Waals surface area contributed by atoms with Crippen LogP contribution in [0.2, 0.25) is 5.28 Å². The van der Waals surface area contributed by atoms with Gasteiger partial charge in [-0.05, 0) is 66.6 Å². The Labute approximate surface area is 193 Å². The summed E-state index contributed by atoms with van der Waals surface area (Å²) in [5.74, 6) is 0.576. The zero-order chi connectivity index (χ0) is 22.2. The van der Waals surface area contributed by atoms with Gasteiger partial charge in [-0.2, -0.15) is 0 Å². The summed E-state index contributed by atoms with van der Waals surface area (Å²) in [6, 6.07) is 8.27. The third-order valence-corrected chi connectivity index (χ3v) is 7.10. The number of rotatable bonds is 3. The standard InChI is InChI=1S/C25H29ClN4O2/c1-15-12-18(14-30(2)24(15)31)17-8-9-20-19(13-17)22(29-25(26)28-20)23-21(27-10-11-32-23)16-6-4-3-5-7-16/h8-9,12-14,16,21,23,27H,3-7,10-11H2,1-2H3. The molecule has 0 bridgehead atoms. The molecule has 0 amide bonds. The first-order valence-corrected chi connectivity index (χ1v) is 11.9. The summed E-state index contributed by atoms with van der Waals surface area (Å²) in [7, 11) is 1.78. The van der Waals surface area contributed by atoms with E-state index in [9.17, 15) is 4.79 Å². The summed E-state index contributed by atoms with van der Waals surface area (Å²) in [4.78, 5) is 21.3. The van der Waals surface area contributed by atoms with Crippen LogP contribution in [0.4, 0.5) is 0 Å². The fraction of sp³-hybridized carbons (Fsp3) is 0.480. The van der Waals surface area contributed by atoms with Gasteiger partial charge in [0.25, 0.3) is 5.56 Å². The molecule has 168 valence electrons. The number of nitrogens with zero attached hydrogens (tertiary/aromatic N) is 3. The minimum atomic E-state index is -0.160. The lowest BCUT2D eigenvalue weighted by Gasteiger charge is -2.39. The second kappa shape index (κ2) is 8.93. The van der Waals surface area contributed by atoms with Crippen LogP contribution in [0.3, 0.4) is 0 Å². The van der Waals surface area contributed by atoms with Crippen LogP contribution in [0.5, 0.6) is 0 Å². The fourth-order valence-corrected chi connectivity index (χ4v) is 5.52. The number of aryl methyl sites for hydroxylation is 2. The molecule has 5 rings (SSSR count). The number of nitrogens with one attached hydrogen (secondary N) is 1. The second-order valence-electron chi connectivity index (χ2n) is 9.11. The number of benzene rings is 1. The summed E-state index contributed by atoms with van der Waals surface area (Å²) >= 11 is 6.36. The van der Waals surface area contributed by atoms with E-state index in [2.05, 4.69) is 21.4 Å². The van der Waals surface area contributed by atoms with Gasteiger partial charge in [0, 0.05) is 36.8 Å². The van der Waals surface area contributed by atoms with E-state index in [1.54, 1.807) is 11.6 Å². The maximum absolute atomic E-state index is 12.2. The van der Waals surface area contributed by atoms with Crippen molar-refractivity contribution in [2.45, 2.75) is 51.2 Å². The minimum absolute atomic E-state index is 0.0161. The van der Waals surface area contributed by atoms with E-state index in [0.717, 1.165) is 39.8 Å². The van der Waals surface area contributed by atoms with E-state index in [4.69, 9.17) is 16.3 Å². The zero-order valence-electron chi connectivity index (χ0n) is 18.6. The molecule has 2 aromatic heterocycles. The number of aromatic nitrogens is 3. The first-order chi connectivity index (χ1) is 15.5. The van der Waals surface area contributed by atoms with Gasteiger partial charge in [0.1, 0.15) is 6.10 Å². The Morgan fingerprint density at radius 2 is 1.94 bits per heavy atom. The third kappa shape index (κ3) is 4.07. The van der Waals surface area contributed by atoms with Crippen LogP contribution in [0.25, 0.3) is 22.0 Å². The molecule has 1 aliphatic carbocycles. The summed E-state index contributed by atoms with van der Waals surface area (Å²) < 4.78 is 7.96. The van der Waals surface area contributed by atoms with E-state index in [1.807, 2.05) is 31.3 Å². The molecule has 3 aromatic rings. The average Bonchev–Trinajstić information content (AvgIpc) is 2.82. The van der Waals surface area contributed by atoms with E-state index >= 15 is 0 Å². The van der Waals surface area contributed by atoms with Crippen molar-refractivity contribution in [3.8, 4) is 11.1 Å². The Balaban J connectivity index is 1.62. The molecule has 6 nitrogen and oxygen atoms in total. The van der Waals surface area contributed by atoms with Crippen molar-refractivity contribution in [2.75, 3.05) is 13.2 Å². The van der Waals surface area contributed by atoms with Crippen molar-refractivity contribution in [3.63, 3.8) is 0 Å². The van der Waals surface area contributed by atoms with Crippen molar-refractivity contribution in [1.82, 2.24) is 19.9 Å². The van der Waals surface area contributed by atoms with Gasteiger partial charge < -0.3 is 14.6 Å². The number of morpholine rings is 1. The number of fused-ring (bicyclic) bond motifs is 1. The van der Waals surface area contributed by atoms with E-state index < -0.39 is 0 Å². The number of hydrogen-bond acceptors (Lipinski definition) is 5. The van der Waals surface area contributed by atoms with E-state index in [-0.39, 0.29) is 23.0 Å². The van der Waals surface area contributed by atoms with Crippen molar-refractivity contribution in [2.24, 2.45) is 13.0 Å².